The molecule has 0 radical (unpaired) electrons. The minimum absolute atomic E-state index is 0.156. The van der Waals surface area contributed by atoms with Crippen LogP contribution in [0.1, 0.15) is 21.7 Å². The zero-order valence-corrected chi connectivity index (χ0v) is 17.8. The van der Waals surface area contributed by atoms with Gasteiger partial charge in [0, 0.05) is 29.2 Å². The molecule has 0 fully saturated rings. The number of benzene rings is 2. The molecular formula is C23H18Cl2N4O2. The van der Waals surface area contributed by atoms with Crippen molar-refractivity contribution in [2.45, 2.75) is 13.2 Å². The molecule has 31 heavy (non-hydrogen) atoms. The minimum atomic E-state index is -0.303. The number of amides is 1. The molecule has 0 spiro atoms. The van der Waals surface area contributed by atoms with E-state index in [0.717, 1.165) is 5.56 Å². The molecule has 0 atom stereocenters. The maximum atomic E-state index is 12.6. The van der Waals surface area contributed by atoms with Gasteiger partial charge in [0.25, 0.3) is 5.91 Å². The summed E-state index contributed by atoms with van der Waals surface area (Å²) in [6.07, 6.45) is 3.64. The van der Waals surface area contributed by atoms with E-state index in [1.54, 1.807) is 42.6 Å². The normalized spacial score (nSPS) is 10.6. The summed E-state index contributed by atoms with van der Waals surface area (Å²) in [6, 6.07) is 19.6. The van der Waals surface area contributed by atoms with Gasteiger partial charge in [-0.2, -0.15) is 5.10 Å². The van der Waals surface area contributed by atoms with Crippen LogP contribution in [0, 0.1) is 0 Å². The standard InChI is InChI=1S/C23H18Cl2N4O2/c24-17-7-10-20(25)22(13-17)31-15-19-3-1-4-21(27-19)23(30)28-18-8-5-16(6-9-18)14-29-12-2-11-26-29/h1-13H,14-15H2,(H,28,30). The van der Waals surface area contributed by atoms with Gasteiger partial charge in [0.15, 0.2) is 0 Å². The summed E-state index contributed by atoms with van der Waals surface area (Å²) >= 11 is 12.1. The maximum Gasteiger partial charge on any atom is 0.274 e. The van der Waals surface area contributed by atoms with Crippen molar-refractivity contribution in [1.82, 2.24) is 14.8 Å². The van der Waals surface area contributed by atoms with E-state index in [-0.39, 0.29) is 12.5 Å². The largest absolute Gasteiger partial charge is 0.486 e. The van der Waals surface area contributed by atoms with Gasteiger partial charge in [-0.3, -0.25) is 9.48 Å². The number of anilines is 1. The number of ether oxygens (including phenoxy) is 1. The van der Waals surface area contributed by atoms with Gasteiger partial charge in [0.05, 0.1) is 17.3 Å². The molecule has 6 nitrogen and oxygen atoms in total. The molecule has 0 aliphatic rings. The SMILES string of the molecule is O=C(Nc1ccc(Cn2cccn2)cc1)c1cccc(COc2cc(Cl)ccc2Cl)n1. The number of nitrogens with zero attached hydrogens (tertiary/aromatic N) is 3. The van der Waals surface area contributed by atoms with Crippen molar-refractivity contribution in [3.8, 4) is 5.75 Å². The predicted molar refractivity (Wildman–Crippen MR) is 121 cm³/mol. The lowest BCUT2D eigenvalue weighted by Crippen LogP contribution is -2.15. The lowest BCUT2D eigenvalue weighted by molar-refractivity contribution is 0.102. The topological polar surface area (TPSA) is 69.0 Å². The van der Waals surface area contributed by atoms with Gasteiger partial charge in [-0.15, -0.1) is 0 Å². The molecule has 0 aliphatic carbocycles. The van der Waals surface area contributed by atoms with E-state index < -0.39 is 0 Å². The van der Waals surface area contributed by atoms with Crippen LogP contribution in [-0.2, 0) is 13.2 Å². The Bertz CT molecular complexity index is 1180. The molecule has 1 amide bonds. The van der Waals surface area contributed by atoms with E-state index in [2.05, 4.69) is 15.4 Å². The lowest BCUT2D eigenvalue weighted by atomic mass is 10.2. The molecule has 0 bridgehead atoms. The summed E-state index contributed by atoms with van der Waals surface area (Å²) in [5.41, 5.74) is 2.65. The summed E-state index contributed by atoms with van der Waals surface area (Å²) in [5.74, 6) is 0.156. The second kappa shape index (κ2) is 9.64. The predicted octanol–water partition coefficient (Wildman–Crippen LogP) is 5.46. The summed E-state index contributed by atoms with van der Waals surface area (Å²) in [4.78, 5) is 17.0. The van der Waals surface area contributed by atoms with Crippen LogP contribution in [0.5, 0.6) is 5.75 Å². The monoisotopic (exact) mass is 452 g/mol. The highest BCUT2D eigenvalue weighted by atomic mass is 35.5. The van der Waals surface area contributed by atoms with Crippen molar-refractivity contribution in [2.24, 2.45) is 0 Å². The van der Waals surface area contributed by atoms with Crippen molar-refractivity contribution >= 4 is 34.8 Å². The first kappa shape index (κ1) is 20.9. The summed E-state index contributed by atoms with van der Waals surface area (Å²) in [6.45, 7) is 0.824. The molecule has 2 aromatic carbocycles. The third kappa shape index (κ3) is 5.63. The first-order valence-corrected chi connectivity index (χ1v) is 10.2. The van der Waals surface area contributed by atoms with Crippen LogP contribution < -0.4 is 10.1 Å². The minimum Gasteiger partial charge on any atom is -0.486 e. The molecule has 1 N–H and O–H groups in total. The van der Waals surface area contributed by atoms with Crippen molar-refractivity contribution in [3.63, 3.8) is 0 Å². The van der Waals surface area contributed by atoms with Crippen molar-refractivity contribution < 1.29 is 9.53 Å². The Morgan fingerprint density at radius 3 is 2.65 bits per heavy atom. The number of hydrogen-bond acceptors (Lipinski definition) is 4. The highest BCUT2D eigenvalue weighted by molar-refractivity contribution is 6.34. The van der Waals surface area contributed by atoms with Crippen LogP contribution in [0.25, 0.3) is 0 Å². The average molecular weight is 453 g/mol. The Kier molecular flexibility index (Phi) is 6.50. The van der Waals surface area contributed by atoms with Crippen molar-refractivity contribution in [1.29, 1.82) is 0 Å². The molecule has 0 saturated carbocycles. The Morgan fingerprint density at radius 1 is 1.03 bits per heavy atom. The molecule has 0 aliphatic heterocycles. The molecular weight excluding hydrogens is 435 g/mol. The van der Waals surface area contributed by atoms with Gasteiger partial charge in [-0.25, -0.2) is 4.98 Å². The number of carbonyl (C=O) groups is 1. The zero-order valence-electron chi connectivity index (χ0n) is 16.3. The van der Waals surface area contributed by atoms with E-state index in [0.29, 0.717) is 39.4 Å². The van der Waals surface area contributed by atoms with Crippen molar-refractivity contribution in [2.75, 3.05) is 5.32 Å². The van der Waals surface area contributed by atoms with Crippen LogP contribution in [0.15, 0.2) is 79.1 Å². The summed E-state index contributed by atoms with van der Waals surface area (Å²) in [7, 11) is 0. The van der Waals surface area contributed by atoms with Gasteiger partial charge in [-0.1, -0.05) is 41.4 Å². The highest BCUT2D eigenvalue weighted by Crippen LogP contribution is 2.28. The fraction of sp³-hybridized carbons (Fsp3) is 0.0870. The van der Waals surface area contributed by atoms with E-state index >= 15 is 0 Å². The van der Waals surface area contributed by atoms with Gasteiger partial charge in [0.1, 0.15) is 18.1 Å². The number of hydrogen-bond donors (Lipinski definition) is 1. The number of rotatable bonds is 7. The zero-order chi connectivity index (χ0) is 21.6. The third-order valence-electron chi connectivity index (χ3n) is 4.42. The Hall–Kier alpha value is -3.35. The molecule has 4 aromatic rings. The molecule has 2 aromatic heterocycles. The van der Waals surface area contributed by atoms with E-state index in [4.69, 9.17) is 27.9 Å². The number of aromatic nitrogens is 3. The van der Waals surface area contributed by atoms with Crippen LogP contribution in [-0.4, -0.2) is 20.7 Å². The third-order valence-corrected chi connectivity index (χ3v) is 4.97. The molecule has 0 unspecified atom stereocenters. The summed E-state index contributed by atoms with van der Waals surface area (Å²) < 4.78 is 7.53. The molecule has 4 rings (SSSR count). The Morgan fingerprint density at radius 2 is 1.87 bits per heavy atom. The smallest absolute Gasteiger partial charge is 0.274 e. The first-order chi connectivity index (χ1) is 15.1. The fourth-order valence-corrected chi connectivity index (χ4v) is 3.23. The quantitative estimate of drug-likeness (QED) is 0.403. The Balaban J connectivity index is 1.38. The second-order valence-corrected chi connectivity index (χ2v) is 7.58. The van der Waals surface area contributed by atoms with E-state index in [1.165, 1.54) is 0 Å². The number of carbonyl (C=O) groups excluding carboxylic acids is 1. The highest BCUT2D eigenvalue weighted by Gasteiger charge is 2.10. The van der Waals surface area contributed by atoms with Crippen LogP contribution in [0.2, 0.25) is 10.0 Å². The van der Waals surface area contributed by atoms with Crippen molar-refractivity contribution in [3.05, 3.63) is 106 Å². The van der Waals surface area contributed by atoms with E-state index in [1.807, 2.05) is 41.2 Å². The lowest BCUT2D eigenvalue weighted by Gasteiger charge is -2.10. The van der Waals surface area contributed by atoms with Gasteiger partial charge >= 0.3 is 0 Å². The number of halogens is 2. The molecule has 156 valence electrons. The fourth-order valence-electron chi connectivity index (χ4n) is 2.90. The average Bonchev–Trinajstić information content (AvgIpc) is 3.29. The first-order valence-electron chi connectivity index (χ1n) is 9.48. The number of nitrogens with one attached hydrogen (secondary N) is 1. The van der Waals surface area contributed by atoms with Gasteiger partial charge in [0.2, 0.25) is 0 Å². The van der Waals surface area contributed by atoms with Gasteiger partial charge < -0.3 is 10.1 Å². The van der Waals surface area contributed by atoms with Gasteiger partial charge in [-0.05, 0) is 48.0 Å². The van der Waals surface area contributed by atoms with Crippen LogP contribution >= 0.6 is 23.2 Å². The molecule has 2 heterocycles. The Labute approximate surface area is 189 Å². The molecule has 0 saturated heterocycles. The summed E-state index contributed by atoms with van der Waals surface area (Å²) in [5, 5.41) is 8.02. The van der Waals surface area contributed by atoms with Crippen LogP contribution in [0.4, 0.5) is 5.69 Å². The maximum absolute atomic E-state index is 12.6. The second-order valence-electron chi connectivity index (χ2n) is 6.73. The van der Waals surface area contributed by atoms with Crippen LogP contribution in [0.3, 0.4) is 0 Å². The molecule has 8 heteroatoms. The number of pyridine rings is 1. The van der Waals surface area contributed by atoms with E-state index in [9.17, 15) is 4.79 Å².